The van der Waals surface area contributed by atoms with Crippen LogP contribution in [0.4, 0.5) is 4.79 Å². The topological polar surface area (TPSA) is 83.9 Å². The summed E-state index contributed by atoms with van der Waals surface area (Å²) in [7, 11) is 1.12. The van der Waals surface area contributed by atoms with Crippen LogP contribution in [0.15, 0.2) is 0 Å². The smallest absolute Gasteiger partial charge is 0.416 e. The van der Waals surface area contributed by atoms with Gasteiger partial charge in [-0.3, -0.25) is 9.59 Å². The summed E-state index contributed by atoms with van der Waals surface area (Å²) in [4.78, 5) is 32.5. The van der Waals surface area contributed by atoms with Crippen LogP contribution in [-0.4, -0.2) is 41.6 Å². The highest BCUT2D eigenvalue weighted by Crippen LogP contribution is 1.96. The fourth-order valence-electron chi connectivity index (χ4n) is 0.695. The molecule has 0 bridgehead atoms. The summed E-state index contributed by atoms with van der Waals surface area (Å²) in [6, 6.07) is 0. The van der Waals surface area contributed by atoms with Gasteiger partial charge in [0.2, 0.25) is 5.91 Å². The minimum Gasteiger partial charge on any atom is -0.481 e. The second-order valence-corrected chi connectivity index (χ2v) is 2.28. The number of hydrogen-bond donors (Lipinski definition) is 1. The van der Waals surface area contributed by atoms with E-state index in [4.69, 9.17) is 5.11 Å². The fourth-order valence-corrected chi connectivity index (χ4v) is 0.695. The zero-order chi connectivity index (χ0) is 10.4. The number of ether oxygens (including phenoxy) is 1. The molecule has 0 aliphatic rings. The SMILES string of the molecule is COC(=O)N(CCC(=O)O)C(C)=O. The lowest BCUT2D eigenvalue weighted by atomic mass is 10.4. The molecule has 0 aromatic heterocycles. The van der Waals surface area contributed by atoms with Crippen molar-refractivity contribution in [3.63, 3.8) is 0 Å². The number of carboxylic acid groups (broad SMARTS) is 1. The lowest BCUT2D eigenvalue weighted by Gasteiger charge is -2.15. The molecule has 0 spiro atoms. The molecule has 0 atom stereocenters. The minimum absolute atomic E-state index is 0.169. The van der Waals surface area contributed by atoms with Crippen molar-refractivity contribution in [1.29, 1.82) is 0 Å². The molecule has 0 saturated heterocycles. The van der Waals surface area contributed by atoms with Gasteiger partial charge >= 0.3 is 12.1 Å². The van der Waals surface area contributed by atoms with Gasteiger partial charge in [-0.1, -0.05) is 0 Å². The van der Waals surface area contributed by atoms with Gasteiger partial charge in [0.05, 0.1) is 13.5 Å². The number of methoxy groups -OCH3 is 1. The highest BCUT2D eigenvalue weighted by molar-refractivity contribution is 5.90. The Morgan fingerprint density at radius 1 is 1.38 bits per heavy atom. The van der Waals surface area contributed by atoms with Gasteiger partial charge in [0, 0.05) is 13.5 Å². The molecule has 0 aliphatic heterocycles. The van der Waals surface area contributed by atoms with E-state index in [0.29, 0.717) is 0 Å². The number of carbonyl (C=O) groups is 3. The maximum atomic E-state index is 10.9. The van der Waals surface area contributed by atoms with Crippen LogP contribution in [-0.2, 0) is 14.3 Å². The summed E-state index contributed by atoms with van der Waals surface area (Å²) in [5, 5.41) is 8.31. The van der Waals surface area contributed by atoms with E-state index in [1.54, 1.807) is 0 Å². The third-order valence-electron chi connectivity index (χ3n) is 1.32. The number of imide groups is 1. The molecule has 0 aliphatic carbocycles. The van der Waals surface area contributed by atoms with E-state index in [-0.39, 0.29) is 13.0 Å². The first-order valence-corrected chi connectivity index (χ1v) is 3.57. The van der Waals surface area contributed by atoms with E-state index in [0.717, 1.165) is 12.0 Å². The summed E-state index contributed by atoms with van der Waals surface area (Å²) in [5.74, 6) is -1.61. The number of carbonyl (C=O) groups excluding carboxylic acids is 2. The van der Waals surface area contributed by atoms with Gasteiger partial charge in [-0.2, -0.15) is 0 Å². The molecular formula is C7H11NO5. The monoisotopic (exact) mass is 189 g/mol. The standard InChI is InChI=1S/C7H11NO5/c1-5(9)8(7(12)13-2)4-3-6(10)11/h3-4H2,1-2H3,(H,10,11). The van der Waals surface area contributed by atoms with Gasteiger partial charge < -0.3 is 9.84 Å². The number of amides is 2. The molecule has 13 heavy (non-hydrogen) atoms. The minimum atomic E-state index is -1.07. The molecule has 2 amide bonds. The predicted octanol–water partition coefficient (Wildman–Crippen LogP) is 0.0760. The number of aliphatic carboxylic acids is 1. The molecule has 0 rings (SSSR count). The zero-order valence-electron chi connectivity index (χ0n) is 7.44. The van der Waals surface area contributed by atoms with E-state index in [2.05, 4.69) is 4.74 Å². The summed E-state index contributed by atoms with van der Waals surface area (Å²) in [6.07, 6.45) is -1.12. The molecule has 0 unspecified atom stereocenters. The van der Waals surface area contributed by atoms with E-state index in [1.807, 2.05) is 0 Å². The van der Waals surface area contributed by atoms with Crippen molar-refractivity contribution in [2.45, 2.75) is 13.3 Å². The summed E-state index contributed by atoms with van der Waals surface area (Å²) in [5.41, 5.74) is 0. The van der Waals surface area contributed by atoms with Crippen LogP contribution in [0.5, 0.6) is 0 Å². The molecule has 0 saturated carbocycles. The van der Waals surface area contributed by atoms with Crippen molar-refractivity contribution in [2.24, 2.45) is 0 Å². The predicted molar refractivity (Wildman–Crippen MR) is 42.0 cm³/mol. The summed E-state index contributed by atoms with van der Waals surface area (Å²) >= 11 is 0. The zero-order valence-corrected chi connectivity index (χ0v) is 7.44. The quantitative estimate of drug-likeness (QED) is 0.679. The normalized spacial score (nSPS) is 9.08. The van der Waals surface area contributed by atoms with Gasteiger partial charge in [-0.15, -0.1) is 0 Å². The first kappa shape index (κ1) is 11.4. The Kier molecular flexibility index (Phi) is 4.50. The van der Waals surface area contributed by atoms with E-state index < -0.39 is 18.0 Å². The van der Waals surface area contributed by atoms with Crippen LogP contribution in [0.1, 0.15) is 13.3 Å². The van der Waals surface area contributed by atoms with Crippen molar-refractivity contribution in [3.8, 4) is 0 Å². The van der Waals surface area contributed by atoms with E-state index in [9.17, 15) is 14.4 Å². The number of hydrogen-bond acceptors (Lipinski definition) is 4. The molecule has 1 N–H and O–H groups in total. The maximum absolute atomic E-state index is 10.9. The number of rotatable bonds is 3. The summed E-state index contributed by atoms with van der Waals surface area (Å²) < 4.78 is 4.28. The Balaban J connectivity index is 4.18. The number of carboxylic acids is 1. The van der Waals surface area contributed by atoms with Crippen molar-refractivity contribution >= 4 is 18.0 Å². The maximum Gasteiger partial charge on any atom is 0.416 e. The van der Waals surface area contributed by atoms with Crippen molar-refractivity contribution in [1.82, 2.24) is 4.90 Å². The van der Waals surface area contributed by atoms with Crippen LogP contribution >= 0.6 is 0 Å². The van der Waals surface area contributed by atoms with Gasteiger partial charge in [0.25, 0.3) is 0 Å². The first-order chi connectivity index (χ1) is 5.99. The Bertz CT molecular complexity index is 225. The van der Waals surface area contributed by atoms with Crippen LogP contribution in [0, 0.1) is 0 Å². The molecule has 0 aromatic rings. The molecule has 0 aromatic carbocycles. The average Bonchev–Trinajstić information content (AvgIpc) is 2.03. The number of nitrogens with zero attached hydrogens (tertiary/aromatic N) is 1. The molecule has 74 valence electrons. The Labute approximate surface area is 75.1 Å². The van der Waals surface area contributed by atoms with Gasteiger partial charge in [-0.25, -0.2) is 9.69 Å². The van der Waals surface area contributed by atoms with Crippen LogP contribution in [0.2, 0.25) is 0 Å². The highest BCUT2D eigenvalue weighted by atomic mass is 16.5. The molecule has 6 heteroatoms. The highest BCUT2D eigenvalue weighted by Gasteiger charge is 2.18. The van der Waals surface area contributed by atoms with Gasteiger partial charge in [0.15, 0.2) is 0 Å². The van der Waals surface area contributed by atoms with Crippen molar-refractivity contribution in [3.05, 3.63) is 0 Å². The van der Waals surface area contributed by atoms with Crippen LogP contribution < -0.4 is 0 Å². The molecule has 0 heterocycles. The third kappa shape index (κ3) is 4.09. The van der Waals surface area contributed by atoms with Crippen molar-refractivity contribution in [2.75, 3.05) is 13.7 Å². The Hall–Kier alpha value is -1.59. The molecule has 0 fully saturated rings. The Morgan fingerprint density at radius 3 is 2.23 bits per heavy atom. The van der Waals surface area contributed by atoms with Crippen LogP contribution in [0.25, 0.3) is 0 Å². The van der Waals surface area contributed by atoms with Crippen molar-refractivity contribution < 1.29 is 24.2 Å². The summed E-state index contributed by atoms with van der Waals surface area (Å²) in [6.45, 7) is 0.996. The second-order valence-electron chi connectivity index (χ2n) is 2.28. The fraction of sp³-hybridized carbons (Fsp3) is 0.571. The van der Waals surface area contributed by atoms with Crippen LogP contribution in [0.3, 0.4) is 0 Å². The largest absolute Gasteiger partial charge is 0.481 e. The van der Waals surface area contributed by atoms with E-state index >= 15 is 0 Å². The van der Waals surface area contributed by atoms with Gasteiger partial charge in [-0.05, 0) is 0 Å². The molecule has 0 radical (unpaired) electrons. The van der Waals surface area contributed by atoms with E-state index in [1.165, 1.54) is 6.92 Å². The first-order valence-electron chi connectivity index (χ1n) is 3.57. The average molecular weight is 189 g/mol. The van der Waals surface area contributed by atoms with Gasteiger partial charge in [0.1, 0.15) is 0 Å². The second kappa shape index (κ2) is 5.13. The molecular weight excluding hydrogens is 178 g/mol. The Morgan fingerprint density at radius 2 is 1.92 bits per heavy atom. The third-order valence-corrected chi connectivity index (χ3v) is 1.32. The lowest BCUT2D eigenvalue weighted by molar-refractivity contribution is -0.137. The lowest BCUT2D eigenvalue weighted by Crippen LogP contribution is -2.36. The molecule has 6 nitrogen and oxygen atoms in total.